The number of carbonyl (C=O) groups excluding carboxylic acids is 2. The summed E-state index contributed by atoms with van der Waals surface area (Å²) in [5, 5.41) is 0. The number of nitrogens with zero attached hydrogens (tertiary/aromatic N) is 1. The third-order valence-electron chi connectivity index (χ3n) is 8.55. The molecule has 0 aromatic rings. The fourth-order valence-corrected chi connectivity index (χ4v) is 6.10. The van der Waals surface area contributed by atoms with E-state index in [-0.39, 0.29) is 25.6 Å². The maximum atomic E-state index is 12.6. The summed E-state index contributed by atoms with van der Waals surface area (Å²) in [6.45, 7) is 4.39. The van der Waals surface area contributed by atoms with Gasteiger partial charge in [0.25, 0.3) is 0 Å². The van der Waals surface area contributed by atoms with Crippen molar-refractivity contribution in [2.24, 2.45) is 0 Å². The second-order valence-corrected chi connectivity index (χ2v) is 16.1. The van der Waals surface area contributed by atoms with Gasteiger partial charge in [-0.2, -0.15) is 0 Å². The Bertz CT molecular complexity index is 860. The Labute approximate surface area is 301 Å². The molecule has 10 heteroatoms. The average Bonchev–Trinajstić information content (AvgIpc) is 3.04. The highest BCUT2D eigenvalue weighted by Gasteiger charge is 2.27. The van der Waals surface area contributed by atoms with Gasteiger partial charge in [0, 0.05) is 12.8 Å². The number of ether oxygens (including phenoxy) is 2. The summed E-state index contributed by atoms with van der Waals surface area (Å²) in [6.07, 6.45) is 31.1. The van der Waals surface area contributed by atoms with Crippen molar-refractivity contribution in [2.75, 3.05) is 47.5 Å². The van der Waals surface area contributed by atoms with Crippen LogP contribution in [0.3, 0.4) is 0 Å². The van der Waals surface area contributed by atoms with Gasteiger partial charge in [0.2, 0.25) is 0 Å². The summed E-state index contributed by atoms with van der Waals surface area (Å²) >= 11 is 0. The Hall–Kier alpha value is -1.25. The van der Waals surface area contributed by atoms with Crippen molar-refractivity contribution in [3.63, 3.8) is 0 Å². The molecule has 0 saturated heterocycles. The highest BCUT2D eigenvalue weighted by molar-refractivity contribution is 7.47. The minimum absolute atomic E-state index is 0.0328. The standard InChI is InChI=1S/C39H76NO8P/c1-6-8-10-12-14-16-18-19-20-22-24-26-28-30-32-39(42)48-37(36-47-49(43,44)46-34-33-40(3,4)5)35-45-38(41)31-29-27-25-23-21-17-15-13-11-9-7-2/h18-19,37H,6-17,20-36H2,1-5H3/p+1/b19-18+/t37-/m1/s1. The minimum Gasteiger partial charge on any atom is -0.462 e. The highest BCUT2D eigenvalue weighted by Crippen LogP contribution is 2.43. The summed E-state index contributed by atoms with van der Waals surface area (Å²) in [5.41, 5.74) is 0. The number of rotatable bonds is 36. The number of likely N-dealkylation sites (N-methyl/N-ethyl adjacent to an activating group) is 1. The molecule has 0 fully saturated rings. The molecule has 1 N–H and O–H groups in total. The van der Waals surface area contributed by atoms with Gasteiger partial charge in [-0.05, 0) is 38.5 Å². The second-order valence-electron chi connectivity index (χ2n) is 14.7. The number of unbranched alkanes of at least 4 members (excludes halogenated alkanes) is 20. The zero-order valence-electron chi connectivity index (χ0n) is 32.4. The third-order valence-corrected chi connectivity index (χ3v) is 9.53. The van der Waals surface area contributed by atoms with Crippen molar-refractivity contribution >= 4 is 19.8 Å². The van der Waals surface area contributed by atoms with Gasteiger partial charge in [0.1, 0.15) is 19.8 Å². The predicted octanol–water partition coefficient (Wildman–Crippen LogP) is 10.6. The quantitative estimate of drug-likeness (QED) is 0.0224. The van der Waals surface area contributed by atoms with Gasteiger partial charge in [-0.25, -0.2) is 4.57 Å². The van der Waals surface area contributed by atoms with Crippen LogP contribution >= 0.6 is 7.82 Å². The lowest BCUT2D eigenvalue weighted by Crippen LogP contribution is -2.37. The largest absolute Gasteiger partial charge is 0.472 e. The van der Waals surface area contributed by atoms with E-state index in [9.17, 15) is 19.0 Å². The molecule has 290 valence electrons. The van der Waals surface area contributed by atoms with Crippen molar-refractivity contribution in [3.05, 3.63) is 12.2 Å². The van der Waals surface area contributed by atoms with Crippen LogP contribution in [0.15, 0.2) is 12.2 Å². The molecule has 0 radical (unpaired) electrons. The van der Waals surface area contributed by atoms with E-state index in [0.717, 1.165) is 51.4 Å². The Morgan fingerprint density at radius 3 is 1.51 bits per heavy atom. The van der Waals surface area contributed by atoms with E-state index in [1.165, 1.54) is 89.9 Å². The number of phosphoric ester groups is 1. The van der Waals surface area contributed by atoms with Crippen molar-refractivity contribution < 1.29 is 42.1 Å². The Morgan fingerprint density at radius 2 is 1.04 bits per heavy atom. The maximum absolute atomic E-state index is 12.6. The van der Waals surface area contributed by atoms with Crippen LogP contribution in [0, 0.1) is 0 Å². The van der Waals surface area contributed by atoms with Crippen molar-refractivity contribution in [1.29, 1.82) is 0 Å². The van der Waals surface area contributed by atoms with Gasteiger partial charge in [-0.15, -0.1) is 0 Å². The summed E-state index contributed by atoms with van der Waals surface area (Å²) in [6, 6.07) is 0. The lowest BCUT2D eigenvalue weighted by molar-refractivity contribution is -0.870. The van der Waals surface area contributed by atoms with Crippen LogP contribution in [0.4, 0.5) is 0 Å². The van der Waals surface area contributed by atoms with E-state index in [2.05, 4.69) is 26.0 Å². The first kappa shape index (κ1) is 47.8. The van der Waals surface area contributed by atoms with Gasteiger partial charge in [0.15, 0.2) is 6.10 Å². The van der Waals surface area contributed by atoms with Gasteiger partial charge < -0.3 is 18.9 Å². The fourth-order valence-electron chi connectivity index (χ4n) is 5.36. The molecule has 0 aromatic heterocycles. The third kappa shape index (κ3) is 36.3. The molecule has 2 atom stereocenters. The molecule has 0 saturated carbocycles. The summed E-state index contributed by atoms with van der Waals surface area (Å²) in [5.74, 6) is -0.805. The van der Waals surface area contributed by atoms with Gasteiger partial charge in [-0.1, -0.05) is 135 Å². The number of allylic oxidation sites excluding steroid dienone is 2. The predicted molar refractivity (Wildman–Crippen MR) is 201 cm³/mol. The first-order chi connectivity index (χ1) is 23.5. The number of phosphoric acid groups is 1. The van der Waals surface area contributed by atoms with Crippen LogP contribution in [0.25, 0.3) is 0 Å². The van der Waals surface area contributed by atoms with Crippen LogP contribution in [-0.4, -0.2) is 74.9 Å². The summed E-state index contributed by atoms with van der Waals surface area (Å²) in [7, 11) is 1.48. The molecular formula is C39H77NO8P+. The molecule has 0 aliphatic rings. The van der Waals surface area contributed by atoms with Crippen LogP contribution in [0.1, 0.15) is 174 Å². The van der Waals surface area contributed by atoms with E-state index >= 15 is 0 Å². The van der Waals surface area contributed by atoms with Crippen LogP contribution in [-0.2, 0) is 32.7 Å². The Balaban J connectivity index is 4.42. The number of hydrogen-bond donors (Lipinski definition) is 1. The lowest BCUT2D eigenvalue weighted by atomic mass is 10.1. The average molecular weight is 719 g/mol. The molecule has 1 unspecified atom stereocenters. The van der Waals surface area contributed by atoms with Crippen molar-refractivity contribution in [2.45, 2.75) is 180 Å². The molecular weight excluding hydrogens is 641 g/mol. The maximum Gasteiger partial charge on any atom is 0.472 e. The van der Waals surface area contributed by atoms with Crippen LogP contribution in [0.2, 0.25) is 0 Å². The molecule has 0 amide bonds. The van der Waals surface area contributed by atoms with Gasteiger partial charge >= 0.3 is 19.8 Å². The number of quaternary nitrogens is 1. The molecule has 0 aliphatic heterocycles. The minimum atomic E-state index is -4.36. The smallest absolute Gasteiger partial charge is 0.462 e. The van der Waals surface area contributed by atoms with E-state index in [4.69, 9.17) is 18.5 Å². The van der Waals surface area contributed by atoms with E-state index in [1.54, 1.807) is 0 Å². The molecule has 0 aromatic carbocycles. The Kier molecular flexibility index (Phi) is 31.8. The molecule has 0 rings (SSSR count). The molecule has 49 heavy (non-hydrogen) atoms. The van der Waals surface area contributed by atoms with E-state index in [0.29, 0.717) is 23.9 Å². The van der Waals surface area contributed by atoms with Crippen molar-refractivity contribution in [1.82, 2.24) is 0 Å². The number of esters is 2. The summed E-state index contributed by atoms with van der Waals surface area (Å²) < 4.78 is 34.2. The number of carbonyl (C=O) groups is 2. The molecule has 0 heterocycles. The van der Waals surface area contributed by atoms with Crippen LogP contribution in [0.5, 0.6) is 0 Å². The van der Waals surface area contributed by atoms with Crippen LogP contribution < -0.4 is 0 Å². The molecule has 9 nitrogen and oxygen atoms in total. The highest BCUT2D eigenvalue weighted by atomic mass is 31.2. The van der Waals surface area contributed by atoms with E-state index < -0.39 is 26.5 Å². The molecule has 0 aliphatic carbocycles. The topological polar surface area (TPSA) is 108 Å². The summed E-state index contributed by atoms with van der Waals surface area (Å²) in [4.78, 5) is 35.2. The van der Waals surface area contributed by atoms with Crippen molar-refractivity contribution in [3.8, 4) is 0 Å². The lowest BCUT2D eigenvalue weighted by Gasteiger charge is -2.24. The zero-order chi connectivity index (χ0) is 36.5. The first-order valence-corrected chi connectivity index (χ1v) is 21.4. The normalized spacial score (nSPS) is 13.8. The SMILES string of the molecule is CCCCCCC/C=C/CCCCCCCC(=O)O[C@H](COC(=O)CCCCCCCCCCCCC)COP(=O)(O)OCC[N+](C)(C)C. The van der Waals surface area contributed by atoms with E-state index in [1.807, 2.05) is 21.1 Å². The Morgan fingerprint density at radius 1 is 0.612 bits per heavy atom. The number of hydrogen-bond acceptors (Lipinski definition) is 7. The molecule has 0 spiro atoms. The van der Waals surface area contributed by atoms with Gasteiger partial charge in [-0.3, -0.25) is 18.6 Å². The fraction of sp³-hybridized carbons (Fsp3) is 0.897. The first-order valence-electron chi connectivity index (χ1n) is 19.9. The zero-order valence-corrected chi connectivity index (χ0v) is 33.3. The second kappa shape index (κ2) is 32.6. The van der Waals surface area contributed by atoms with Gasteiger partial charge in [0.05, 0.1) is 27.7 Å². The molecule has 0 bridgehead atoms. The monoisotopic (exact) mass is 719 g/mol.